The summed E-state index contributed by atoms with van der Waals surface area (Å²) >= 11 is 13.0. The highest BCUT2D eigenvalue weighted by Crippen LogP contribution is 2.61. The zero-order chi connectivity index (χ0) is 46.4. The van der Waals surface area contributed by atoms with E-state index < -0.39 is 152 Å². The predicted octanol–water partition coefficient (Wildman–Crippen LogP) is 9.39. The van der Waals surface area contributed by atoms with Gasteiger partial charge in [0, 0.05) is 5.56 Å². The number of hydrogen-bond acceptors (Lipinski definition) is 4. The molecule has 0 heterocycles. The predicted molar refractivity (Wildman–Crippen MR) is 193 cm³/mol. The van der Waals surface area contributed by atoms with Gasteiger partial charge in [0.1, 0.15) is 75.3 Å². The lowest BCUT2D eigenvalue weighted by Crippen LogP contribution is -2.81. The van der Waals surface area contributed by atoms with Crippen LogP contribution in [0.5, 0.6) is 0 Å². The highest BCUT2D eigenvalue weighted by atomic mass is 32.1. The van der Waals surface area contributed by atoms with Crippen molar-refractivity contribution < 1.29 is 92.6 Å². The first-order valence-corrected chi connectivity index (χ1v) is 20.3. The molecule has 0 unspecified atom stereocenters. The second kappa shape index (κ2) is 18.7. The minimum atomic E-state index is -7.22. The molecular weight excluding hydrogens is 954 g/mol. The normalized spacial score (nSPS) is 11.9. The highest BCUT2D eigenvalue weighted by Gasteiger charge is 2.52. The van der Waals surface area contributed by atoms with Crippen LogP contribution in [0.3, 0.4) is 0 Å². The second-order valence-corrected chi connectivity index (χ2v) is 18.9. The van der Waals surface area contributed by atoms with Crippen molar-refractivity contribution in [2.75, 3.05) is 22.6 Å². The first-order valence-electron chi connectivity index (χ1n) is 15.9. The Morgan fingerprint density at radius 1 is 0.361 bits per heavy atom. The third-order valence-electron chi connectivity index (χ3n) is 9.18. The van der Waals surface area contributed by atoms with Crippen molar-refractivity contribution in [1.29, 1.82) is 0 Å². The standard InChI is InChI=1S/C24BF20.C11H15OPS3/c26-5-1(6(27)14(35)21(42)13(5)34)25(2-7(28)15(36)22(43)16(37)8(2)29,3-9(30)17(38)23(44)18(39)10(3)31)4-11(32)19(40)24(45)20(41)12(4)33;12-11(10-4-2-1-3-5-10)6-13(7-14,8-15)9-16/h;1-5H,6-9H2,(H2-,14,15,16)/q-1;/p+1. The Balaban J connectivity index is 0.000000430. The van der Waals surface area contributed by atoms with Gasteiger partial charge < -0.3 is 0 Å². The lowest BCUT2D eigenvalue weighted by Gasteiger charge is -2.44. The van der Waals surface area contributed by atoms with Gasteiger partial charge in [-0.25, -0.2) is 87.8 Å². The van der Waals surface area contributed by atoms with Crippen LogP contribution < -0.4 is 21.9 Å². The van der Waals surface area contributed by atoms with Gasteiger partial charge in [-0.3, -0.25) is 4.79 Å². The summed E-state index contributed by atoms with van der Waals surface area (Å²) in [7, 11) is -1.42. The quantitative estimate of drug-likeness (QED) is 0.0242. The number of carbonyl (C=O) groups is 1. The number of benzene rings is 5. The Morgan fingerprint density at radius 2 is 0.557 bits per heavy atom. The number of thiol groups is 3. The third-order valence-corrected chi connectivity index (χ3v) is 17.3. The molecule has 0 aliphatic rings. The molecule has 0 aliphatic carbocycles. The van der Waals surface area contributed by atoms with E-state index in [4.69, 9.17) is 0 Å². The number of hydrogen-bond donors (Lipinski definition) is 3. The molecule has 5 rings (SSSR count). The van der Waals surface area contributed by atoms with Crippen molar-refractivity contribution in [3.05, 3.63) is 152 Å². The Kier molecular flexibility index (Phi) is 15.2. The molecule has 5 aromatic rings. The summed E-state index contributed by atoms with van der Waals surface area (Å²) in [6.45, 7) is 0. The van der Waals surface area contributed by atoms with E-state index in [1.165, 1.54) is 0 Å². The summed E-state index contributed by atoms with van der Waals surface area (Å²) in [6, 6.07) is 9.39. The maximum Gasteiger partial charge on any atom is 0.200 e. The summed E-state index contributed by atoms with van der Waals surface area (Å²) in [5, 5.41) is 0. The van der Waals surface area contributed by atoms with Gasteiger partial charge in [0.2, 0.25) is 0 Å². The van der Waals surface area contributed by atoms with Gasteiger partial charge in [0.05, 0.1) is 7.26 Å². The average molecular weight is 970 g/mol. The van der Waals surface area contributed by atoms with Crippen LogP contribution in [0.4, 0.5) is 87.8 Å². The molecule has 0 atom stereocenters. The molecule has 0 saturated carbocycles. The maximum atomic E-state index is 15.4. The molecule has 26 heteroatoms. The van der Waals surface area contributed by atoms with Gasteiger partial charge in [-0.1, -0.05) is 30.3 Å². The van der Waals surface area contributed by atoms with Crippen LogP contribution in [0.2, 0.25) is 0 Å². The van der Waals surface area contributed by atoms with Gasteiger partial charge in [0.15, 0.2) is 75.6 Å². The van der Waals surface area contributed by atoms with Crippen LogP contribution in [0.15, 0.2) is 30.3 Å². The zero-order valence-electron chi connectivity index (χ0n) is 29.0. The van der Waals surface area contributed by atoms with Crippen molar-refractivity contribution in [2.24, 2.45) is 0 Å². The monoisotopic (exact) mass is 970 g/mol. The van der Waals surface area contributed by atoms with Gasteiger partial charge in [-0.05, 0) is 0 Å². The molecule has 0 radical (unpaired) electrons. The van der Waals surface area contributed by atoms with Gasteiger partial charge in [-0.15, -0.1) is 59.7 Å². The fourth-order valence-corrected chi connectivity index (χ4v) is 11.7. The molecule has 0 N–H and O–H groups in total. The van der Waals surface area contributed by atoms with Crippen LogP contribution in [0, 0.1) is 116 Å². The average Bonchev–Trinajstić information content (AvgIpc) is 3.25. The molecule has 0 bridgehead atoms. The van der Waals surface area contributed by atoms with Crippen molar-refractivity contribution >= 4 is 78.9 Å². The first kappa shape index (κ1) is 49.6. The smallest absolute Gasteiger partial charge is 0.200 e. The minimum Gasteiger partial charge on any atom is -0.290 e. The number of rotatable bonds is 10. The molecule has 0 aromatic heterocycles. The van der Waals surface area contributed by atoms with Crippen LogP contribution in [0.25, 0.3) is 0 Å². The van der Waals surface area contributed by atoms with Crippen molar-refractivity contribution in [3.8, 4) is 0 Å². The Labute approximate surface area is 345 Å². The molecule has 61 heavy (non-hydrogen) atoms. The Bertz CT molecular complexity index is 2170. The van der Waals surface area contributed by atoms with Gasteiger partial charge in [-0.2, -0.15) is 0 Å². The highest BCUT2D eigenvalue weighted by molar-refractivity contribution is 8.07. The number of carbonyl (C=O) groups excluding carboxylic acids is 1. The lowest BCUT2D eigenvalue weighted by atomic mass is 9.12. The second-order valence-electron chi connectivity index (χ2n) is 12.5. The minimum absolute atomic E-state index is 0.186. The van der Waals surface area contributed by atoms with Crippen molar-refractivity contribution in [2.45, 2.75) is 0 Å². The van der Waals surface area contributed by atoms with E-state index in [1.54, 1.807) is 0 Å². The molecule has 1 nitrogen and oxygen atoms in total. The molecule has 0 aliphatic heterocycles. The van der Waals surface area contributed by atoms with E-state index in [-0.39, 0.29) is 5.78 Å². The molecule has 0 fully saturated rings. The van der Waals surface area contributed by atoms with E-state index in [9.17, 15) is 57.5 Å². The van der Waals surface area contributed by atoms with E-state index in [1.807, 2.05) is 30.3 Å². The fourth-order valence-electron chi connectivity index (χ4n) is 6.18. The molecule has 0 spiro atoms. The molecule has 0 saturated heterocycles. The molecular formula is C35H16BF20OPS3. The summed E-state index contributed by atoms with van der Waals surface area (Å²) in [5.41, 5.74) is -11.4. The van der Waals surface area contributed by atoms with Crippen LogP contribution >= 0.6 is 45.1 Å². The van der Waals surface area contributed by atoms with E-state index in [0.717, 1.165) is 22.0 Å². The van der Waals surface area contributed by atoms with Crippen LogP contribution in [0.1, 0.15) is 10.4 Å². The molecule has 328 valence electrons. The van der Waals surface area contributed by atoms with E-state index in [2.05, 4.69) is 37.9 Å². The first-order chi connectivity index (χ1) is 28.4. The zero-order valence-corrected chi connectivity index (χ0v) is 32.6. The summed E-state index contributed by atoms with van der Waals surface area (Å²) < 4.78 is 294. The van der Waals surface area contributed by atoms with Crippen molar-refractivity contribution in [3.63, 3.8) is 0 Å². The summed E-state index contributed by atoms with van der Waals surface area (Å²) in [4.78, 5) is 12.1. The fraction of sp³-hybridized carbons (Fsp3) is 0.114. The number of ketones is 1. The largest absolute Gasteiger partial charge is 0.290 e. The van der Waals surface area contributed by atoms with Crippen LogP contribution in [-0.4, -0.2) is 34.6 Å². The topological polar surface area (TPSA) is 17.1 Å². The van der Waals surface area contributed by atoms with E-state index >= 15 is 35.1 Å². The Hall–Kier alpha value is -4.09. The Morgan fingerprint density at radius 3 is 0.754 bits per heavy atom. The number of Topliss-reactive ketones (excluding diaryl/α,β-unsaturated/α-hetero) is 1. The van der Waals surface area contributed by atoms with E-state index in [0.29, 0.717) is 6.16 Å². The number of halogens is 20. The summed E-state index contributed by atoms with van der Waals surface area (Å²) in [6.07, 6.45) is -6.65. The summed E-state index contributed by atoms with van der Waals surface area (Å²) in [5.74, 6) is -71.2. The van der Waals surface area contributed by atoms with Gasteiger partial charge >= 0.3 is 0 Å². The van der Waals surface area contributed by atoms with Gasteiger partial charge in [0.25, 0.3) is 0 Å². The maximum absolute atomic E-state index is 15.4. The SMILES string of the molecule is Fc1c(F)c(F)c([B-](c2c(F)c(F)c(F)c(F)c2F)(c2c(F)c(F)c(F)c(F)c2F)c2c(F)c(F)c(F)c(F)c2F)c(F)c1F.O=C(C[P+](CS)(CS)CS)c1ccccc1. The third kappa shape index (κ3) is 8.07. The molecule has 0 amide bonds. The van der Waals surface area contributed by atoms with Crippen molar-refractivity contribution in [1.82, 2.24) is 0 Å². The molecule has 5 aromatic carbocycles. The lowest BCUT2D eigenvalue weighted by molar-refractivity contribution is 0.102. The van der Waals surface area contributed by atoms with Crippen LogP contribution in [-0.2, 0) is 0 Å².